The molecule has 0 amide bonds. The zero-order chi connectivity index (χ0) is 24.1. The highest BCUT2D eigenvalue weighted by atomic mass is 32.3. The van der Waals surface area contributed by atoms with Crippen molar-refractivity contribution in [2.75, 3.05) is 6.61 Å². The summed E-state index contributed by atoms with van der Waals surface area (Å²) in [6.45, 7) is -1.21. The van der Waals surface area contributed by atoms with Gasteiger partial charge in [-0.3, -0.25) is 9.11 Å². The van der Waals surface area contributed by atoms with Gasteiger partial charge in [-0.15, -0.1) is 0 Å². The molecule has 1 aliphatic heterocycles. The molecule has 0 aromatic carbocycles. The molecule has 0 aliphatic carbocycles. The lowest BCUT2D eigenvalue weighted by Gasteiger charge is -2.37. The van der Waals surface area contributed by atoms with E-state index in [0.29, 0.717) is 6.08 Å². The van der Waals surface area contributed by atoms with Crippen LogP contribution in [0.2, 0.25) is 0 Å². The number of nitrogens with one attached hydrogen (secondary N) is 1. The third-order valence-electron chi connectivity index (χ3n) is 3.61. The SMILES string of the molecule is O=C[C@H](NS(=O)(=O)O)[C@H](O)[C@H](O[C@@H]1OC(C(=O)O)=C[C@H](O)[C@@H]1OS(=O)(=O)O)[C@@H](O)CO. The number of aliphatic hydroxyl groups excluding tert-OH is 4. The predicted molar refractivity (Wildman–Crippen MR) is 91.5 cm³/mol. The first-order chi connectivity index (χ1) is 14.1. The highest BCUT2D eigenvalue weighted by Crippen LogP contribution is 2.26. The van der Waals surface area contributed by atoms with E-state index in [4.69, 9.17) is 28.8 Å². The molecule has 8 N–H and O–H groups in total. The molecule has 31 heavy (non-hydrogen) atoms. The van der Waals surface area contributed by atoms with Crippen molar-refractivity contribution in [2.24, 2.45) is 0 Å². The number of carboxylic acids is 1. The second-order valence-corrected chi connectivity index (χ2v) is 8.13. The molecule has 0 saturated carbocycles. The van der Waals surface area contributed by atoms with Crippen molar-refractivity contribution in [3.63, 3.8) is 0 Å². The zero-order valence-corrected chi connectivity index (χ0v) is 16.7. The molecule has 0 spiro atoms. The van der Waals surface area contributed by atoms with Crippen LogP contribution in [0.15, 0.2) is 11.8 Å². The van der Waals surface area contributed by atoms with Crippen molar-refractivity contribution in [3.8, 4) is 0 Å². The van der Waals surface area contributed by atoms with Crippen LogP contribution >= 0.6 is 0 Å². The van der Waals surface area contributed by atoms with Crippen LogP contribution in [0.1, 0.15) is 0 Å². The largest absolute Gasteiger partial charge is 0.475 e. The van der Waals surface area contributed by atoms with Crippen molar-refractivity contribution < 1.29 is 74.7 Å². The van der Waals surface area contributed by atoms with Gasteiger partial charge < -0.3 is 39.8 Å². The minimum atomic E-state index is -5.31. The maximum Gasteiger partial charge on any atom is 0.397 e. The molecule has 0 bridgehead atoms. The molecule has 0 aromatic rings. The van der Waals surface area contributed by atoms with Gasteiger partial charge in [0.1, 0.15) is 36.7 Å². The van der Waals surface area contributed by atoms with Crippen LogP contribution in [0, 0.1) is 0 Å². The van der Waals surface area contributed by atoms with Crippen LogP contribution in [-0.2, 0) is 43.9 Å². The van der Waals surface area contributed by atoms with Crippen LogP contribution in [0.3, 0.4) is 0 Å². The molecule has 0 fully saturated rings. The summed E-state index contributed by atoms with van der Waals surface area (Å²) >= 11 is 0. The summed E-state index contributed by atoms with van der Waals surface area (Å²) in [5.74, 6) is -2.82. The molecule has 19 heteroatoms. The average Bonchev–Trinajstić information content (AvgIpc) is 2.63. The summed E-state index contributed by atoms with van der Waals surface area (Å²) in [6, 6.07) is -2.20. The molecule has 1 aliphatic rings. The smallest absolute Gasteiger partial charge is 0.397 e. The van der Waals surface area contributed by atoms with E-state index in [1.807, 2.05) is 0 Å². The normalized spacial score (nSPS) is 26.1. The summed E-state index contributed by atoms with van der Waals surface area (Å²) in [4.78, 5) is 22.2. The number of rotatable bonds is 12. The maximum absolute atomic E-state index is 11.1. The topological polar surface area (TPSA) is 284 Å². The molecular formula is C12H19NO16S2. The van der Waals surface area contributed by atoms with Crippen LogP contribution < -0.4 is 4.72 Å². The molecule has 180 valence electrons. The van der Waals surface area contributed by atoms with Gasteiger partial charge in [0, 0.05) is 0 Å². The Morgan fingerprint density at radius 2 is 1.84 bits per heavy atom. The molecule has 1 rings (SSSR count). The van der Waals surface area contributed by atoms with E-state index in [1.165, 1.54) is 4.72 Å². The summed E-state index contributed by atoms with van der Waals surface area (Å²) in [6.07, 6.45) is -13.3. The Hall–Kier alpha value is -1.78. The second-order valence-electron chi connectivity index (χ2n) is 5.90. The van der Waals surface area contributed by atoms with Crippen molar-refractivity contribution in [1.82, 2.24) is 4.72 Å². The van der Waals surface area contributed by atoms with E-state index < -0.39 is 81.9 Å². The van der Waals surface area contributed by atoms with Gasteiger partial charge in [-0.1, -0.05) is 0 Å². The molecule has 0 radical (unpaired) electrons. The van der Waals surface area contributed by atoms with Crippen molar-refractivity contribution in [3.05, 3.63) is 11.8 Å². The molecule has 17 nitrogen and oxygen atoms in total. The average molecular weight is 497 g/mol. The standard InChI is InChI=1S/C12H19NO16S2/c14-2-4(13-30(21,22)23)8(18)9(6(17)3-15)28-12-10(29-31(24,25)26)5(16)1-7(27-12)11(19)20/h1-2,4-6,8-10,12-13,15-18H,3H2,(H,19,20)(H,21,22,23)(H,24,25,26)/t4-,5-,6-,8-,9+,10-,12-/m0/s1. The summed E-state index contributed by atoms with van der Waals surface area (Å²) in [5, 5.41) is 48.1. The van der Waals surface area contributed by atoms with Gasteiger partial charge in [-0.25, -0.2) is 8.98 Å². The van der Waals surface area contributed by atoms with Crippen LogP contribution in [0.25, 0.3) is 0 Å². The number of hydrogen-bond donors (Lipinski definition) is 8. The van der Waals surface area contributed by atoms with E-state index in [9.17, 15) is 41.7 Å². The Morgan fingerprint density at radius 3 is 2.26 bits per heavy atom. The number of carboxylic acid groups (broad SMARTS) is 1. The van der Waals surface area contributed by atoms with E-state index in [1.54, 1.807) is 0 Å². The molecule has 1 heterocycles. The first kappa shape index (κ1) is 27.3. The third kappa shape index (κ3) is 8.34. The Kier molecular flexibility index (Phi) is 9.40. The van der Waals surface area contributed by atoms with Crippen LogP contribution in [0.5, 0.6) is 0 Å². The fourth-order valence-corrected chi connectivity index (χ4v) is 3.35. The van der Waals surface area contributed by atoms with Gasteiger partial charge in [0.25, 0.3) is 0 Å². The third-order valence-corrected chi connectivity index (χ3v) is 4.64. The Labute approximate surface area is 174 Å². The quantitative estimate of drug-likeness (QED) is 0.0924. The molecule has 0 unspecified atom stereocenters. The predicted octanol–water partition coefficient (Wildman–Crippen LogP) is -5.08. The number of aliphatic carboxylic acids is 1. The highest BCUT2D eigenvalue weighted by Gasteiger charge is 2.45. The Bertz CT molecular complexity index is 884. The number of carbonyl (C=O) groups is 2. The van der Waals surface area contributed by atoms with Crippen LogP contribution in [-0.4, -0.2) is 113 Å². The minimum Gasteiger partial charge on any atom is -0.475 e. The first-order valence-electron chi connectivity index (χ1n) is 7.87. The Morgan fingerprint density at radius 1 is 1.26 bits per heavy atom. The van der Waals surface area contributed by atoms with E-state index in [-0.39, 0.29) is 6.29 Å². The molecule has 7 atom stereocenters. The minimum absolute atomic E-state index is 0.246. The number of ether oxygens (including phenoxy) is 2. The van der Waals surface area contributed by atoms with Gasteiger partial charge in [-0.2, -0.15) is 21.6 Å². The zero-order valence-electron chi connectivity index (χ0n) is 15.0. The summed E-state index contributed by atoms with van der Waals surface area (Å²) in [7, 11) is -10.4. The fraction of sp³-hybridized carbons (Fsp3) is 0.667. The van der Waals surface area contributed by atoms with E-state index in [0.717, 1.165) is 0 Å². The van der Waals surface area contributed by atoms with Gasteiger partial charge in [0.05, 0.1) is 6.61 Å². The van der Waals surface area contributed by atoms with Crippen molar-refractivity contribution in [2.45, 2.75) is 42.9 Å². The lowest BCUT2D eigenvalue weighted by Crippen LogP contribution is -2.57. The van der Waals surface area contributed by atoms with Gasteiger partial charge in [-0.05, 0) is 6.08 Å². The first-order valence-corrected chi connectivity index (χ1v) is 10.7. The highest BCUT2D eigenvalue weighted by molar-refractivity contribution is 7.83. The van der Waals surface area contributed by atoms with Gasteiger partial charge in [0.2, 0.25) is 12.0 Å². The number of hydrogen-bond acceptors (Lipinski definition) is 13. The maximum atomic E-state index is 11.1. The van der Waals surface area contributed by atoms with Gasteiger partial charge >= 0.3 is 26.7 Å². The monoisotopic (exact) mass is 497 g/mol. The number of aldehydes is 1. The van der Waals surface area contributed by atoms with Gasteiger partial charge in [0.15, 0.2) is 6.10 Å². The van der Waals surface area contributed by atoms with Crippen molar-refractivity contribution >= 4 is 33.0 Å². The summed E-state index contributed by atoms with van der Waals surface area (Å²) in [5.41, 5.74) is 0. The molecule has 0 saturated heterocycles. The lowest BCUT2D eigenvalue weighted by molar-refractivity contribution is -0.251. The lowest BCUT2D eigenvalue weighted by atomic mass is 10.0. The Balaban J connectivity index is 3.31. The summed E-state index contributed by atoms with van der Waals surface area (Å²) < 4.78 is 76.6. The van der Waals surface area contributed by atoms with E-state index in [2.05, 4.69) is 4.18 Å². The van der Waals surface area contributed by atoms with E-state index >= 15 is 0 Å². The number of aliphatic hydroxyl groups is 4. The van der Waals surface area contributed by atoms with Crippen molar-refractivity contribution in [1.29, 1.82) is 0 Å². The molecule has 0 aromatic heterocycles. The number of carbonyl (C=O) groups excluding carboxylic acids is 1. The molecular weight excluding hydrogens is 478 g/mol. The van der Waals surface area contributed by atoms with Crippen LogP contribution in [0.4, 0.5) is 0 Å². The second kappa shape index (κ2) is 10.7. The fourth-order valence-electron chi connectivity index (χ4n) is 2.32.